The average Bonchev–Trinajstić information content (AvgIpc) is 3.20. The van der Waals surface area contributed by atoms with Gasteiger partial charge in [0.2, 0.25) is 11.8 Å². The fourth-order valence-electron chi connectivity index (χ4n) is 2.51. The molecular weight excluding hydrogens is 382 g/mol. The van der Waals surface area contributed by atoms with Crippen molar-refractivity contribution in [3.05, 3.63) is 54.1 Å². The number of aliphatic carboxylic acids is 1. The Labute approximate surface area is 167 Å². The van der Waals surface area contributed by atoms with Crippen LogP contribution in [-0.2, 0) is 27.2 Å². The molecule has 1 aromatic heterocycles. The van der Waals surface area contributed by atoms with Gasteiger partial charge >= 0.3 is 5.97 Å². The van der Waals surface area contributed by atoms with Gasteiger partial charge in [0.1, 0.15) is 12.1 Å². The van der Waals surface area contributed by atoms with Gasteiger partial charge in [-0.05, 0) is 5.56 Å². The Balaban J connectivity index is 2.13. The Morgan fingerprint density at radius 2 is 1.79 bits per heavy atom. The summed E-state index contributed by atoms with van der Waals surface area (Å²) >= 11 is 3.99. The summed E-state index contributed by atoms with van der Waals surface area (Å²) in [6.45, 7) is 0. The maximum atomic E-state index is 12.8. The molecule has 0 aliphatic carbocycles. The monoisotopic (exact) mass is 405 g/mol. The van der Waals surface area contributed by atoms with Gasteiger partial charge in [-0.2, -0.15) is 12.6 Å². The van der Waals surface area contributed by atoms with E-state index in [2.05, 4.69) is 33.2 Å². The molecule has 150 valence electrons. The number of aromatic nitrogens is 2. The van der Waals surface area contributed by atoms with E-state index in [0.717, 1.165) is 5.56 Å². The number of rotatable bonds is 10. The Morgan fingerprint density at radius 3 is 2.36 bits per heavy atom. The van der Waals surface area contributed by atoms with Gasteiger partial charge < -0.3 is 26.5 Å². The van der Waals surface area contributed by atoms with Crippen molar-refractivity contribution >= 4 is 30.4 Å². The van der Waals surface area contributed by atoms with Crippen LogP contribution in [0.15, 0.2) is 42.9 Å². The fraction of sp³-hybridized carbons (Fsp3) is 0.333. The van der Waals surface area contributed by atoms with Gasteiger partial charge in [0.25, 0.3) is 0 Å². The van der Waals surface area contributed by atoms with Crippen LogP contribution in [0, 0.1) is 0 Å². The van der Waals surface area contributed by atoms with Gasteiger partial charge in [0, 0.05) is 30.5 Å². The third-order valence-electron chi connectivity index (χ3n) is 4.04. The summed E-state index contributed by atoms with van der Waals surface area (Å²) in [5.41, 5.74) is 7.04. The van der Waals surface area contributed by atoms with Crippen molar-refractivity contribution in [2.75, 3.05) is 5.75 Å². The number of thiol groups is 1. The molecule has 0 unspecified atom stereocenters. The van der Waals surface area contributed by atoms with Crippen molar-refractivity contribution in [3.8, 4) is 0 Å². The highest BCUT2D eigenvalue weighted by Gasteiger charge is 2.28. The van der Waals surface area contributed by atoms with Crippen LogP contribution in [0.3, 0.4) is 0 Å². The molecule has 9 nitrogen and oxygen atoms in total. The standard InChI is InChI=1S/C18H23N5O4S/c19-13(9-28)16(24)22-14(6-11-4-2-1-3-5-11)17(25)23-15(18(26)27)7-12-8-20-10-21-12/h1-5,8,10,13-15,28H,6-7,9,19H2,(H,20,21)(H,22,24)(H,23,25)(H,26,27)/t13-,14-,15-/m0/s1. The van der Waals surface area contributed by atoms with Crippen LogP contribution >= 0.6 is 12.6 Å². The van der Waals surface area contributed by atoms with Crippen LogP contribution in [-0.4, -0.2) is 56.7 Å². The fourth-order valence-corrected chi connectivity index (χ4v) is 2.68. The molecule has 0 saturated carbocycles. The molecular formula is C18H23N5O4S. The number of benzene rings is 1. The number of imidazole rings is 1. The molecule has 0 saturated heterocycles. The first kappa shape index (κ1) is 21.5. The summed E-state index contributed by atoms with van der Waals surface area (Å²) in [5, 5.41) is 14.5. The lowest BCUT2D eigenvalue weighted by molar-refractivity contribution is -0.142. The highest BCUT2D eigenvalue weighted by molar-refractivity contribution is 7.80. The number of nitrogens with one attached hydrogen (secondary N) is 3. The highest BCUT2D eigenvalue weighted by Crippen LogP contribution is 2.06. The molecule has 3 atom stereocenters. The lowest BCUT2D eigenvalue weighted by atomic mass is 10.0. The SMILES string of the molecule is N[C@@H](CS)C(=O)N[C@@H](Cc1ccccc1)C(=O)N[C@@H](Cc1cnc[nH]1)C(=O)O. The number of nitrogens with zero attached hydrogens (tertiary/aromatic N) is 1. The zero-order chi connectivity index (χ0) is 20.5. The minimum Gasteiger partial charge on any atom is -0.480 e. The van der Waals surface area contributed by atoms with Gasteiger partial charge in [-0.15, -0.1) is 0 Å². The molecule has 10 heteroatoms. The number of carbonyl (C=O) groups is 3. The summed E-state index contributed by atoms with van der Waals surface area (Å²) in [6, 6.07) is 6.03. The molecule has 6 N–H and O–H groups in total. The lowest BCUT2D eigenvalue weighted by Gasteiger charge is -2.22. The van der Waals surface area contributed by atoms with Gasteiger partial charge in [0.05, 0.1) is 12.4 Å². The number of carboxylic acids is 1. The Hall–Kier alpha value is -2.85. The highest BCUT2D eigenvalue weighted by atomic mass is 32.1. The van der Waals surface area contributed by atoms with E-state index in [4.69, 9.17) is 5.73 Å². The normalized spacial score (nSPS) is 13.9. The van der Waals surface area contributed by atoms with Crippen LogP contribution in [0.1, 0.15) is 11.3 Å². The molecule has 0 fully saturated rings. The topological polar surface area (TPSA) is 150 Å². The maximum absolute atomic E-state index is 12.8. The van der Waals surface area contributed by atoms with Crippen molar-refractivity contribution in [2.45, 2.75) is 31.0 Å². The van der Waals surface area contributed by atoms with Crippen LogP contribution in [0.4, 0.5) is 0 Å². The number of hydrogen-bond acceptors (Lipinski definition) is 6. The summed E-state index contributed by atoms with van der Waals surface area (Å²) in [6.07, 6.45) is 3.13. The molecule has 2 amide bonds. The number of aromatic amines is 1. The largest absolute Gasteiger partial charge is 0.480 e. The minimum absolute atomic E-state index is 0.0310. The zero-order valence-corrected chi connectivity index (χ0v) is 15.9. The quantitative estimate of drug-likeness (QED) is 0.294. The van der Waals surface area contributed by atoms with E-state index in [9.17, 15) is 19.5 Å². The molecule has 1 heterocycles. The van der Waals surface area contributed by atoms with Gasteiger partial charge in [0.15, 0.2) is 0 Å². The minimum atomic E-state index is -1.19. The average molecular weight is 405 g/mol. The summed E-state index contributed by atoms with van der Waals surface area (Å²) in [5.74, 6) is -2.23. The predicted octanol–water partition coefficient (Wildman–Crippen LogP) is -0.494. The first-order valence-electron chi connectivity index (χ1n) is 8.62. The van der Waals surface area contributed by atoms with Crippen LogP contribution in [0.5, 0.6) is 0 Å². The maximum Gasteiger partial charge on any atom is 0.326 e. The van der Waals surface area contributed by atoms with Crippen molar-refractivity contribution in [3.63, 3.8) is 0 Å². The Bertz CT molecular complexity index is 785. The second-order valence-electron chi connectivity index (χ2n) is 6.22. The van der Waals surface area contributed by atoms with Crippen molar-refractivity contribution in [2.24, 2.45) is 5.73 Å². The summed E-state index contributed by atoms with van der Waals surface area (Å²) in [4.78, 5) is 43.1. The molecule has 28 heavy (non-hydrogen) atoms. The van der Waals surface area contributed by atoms with Crippen LogP contribution in [0.2, 0.25) is 0 Å². The first-order chi connectivity index (χ1) is 13.4. The summed E-state index contributed by atoms with van der Waals surface area (Å²) < 4.78 is 0. The molecule has 0 aliphatic heterocycles. The van der Waals surface area contributed by atoms with E-state index in [1.54, 1.807) is 0 Å². The van der Waals surface area contributed by atoms with Crippen molar-refractivity contribution < 1.29 is 19.5 Å². The number of carboxylic acid groups (broad SMARTS) is 1. The predicted molar refractivity (Wildman–Crippen MR) is 106 cm³/mol. The second kappa shape index (κ2) is 10.5. The van der Waals surface area contributed by atoms with Crippen LogP contribution in [0.25, 0.3) is 0 Å². The van der Waals surface area contributed by atoms with E-state index >= 15 is 0 Å². The smallest absolute Gasteiger partial charge is 0.326 e. The third-order valence-corrected chi connectivity index (χ3v) is 4.44. The van der Waals surface area contributed by atoms with E-state index in [0.29, 0.717) is 5.69 Å². The Morgan fingerprint density at radius 1 is 1.11 bits per heavy atom. The number of hydrogen-bond donors (Lipinski definition) is 6. The second-order valence-corrected chi connectivity index (χ2v) is 6.59. The number of nitrogens with two attached hydrogens (primary N) is 1. The lowest BCUT2D eigenvalue weighted by Crippen LogP contribution is -2.55. The number of H-pyrrole nitrogens is 1. The van der Waals surface area contributed by atoms with Gasteiger partial charge in [-0.3, -0.25) is 9.59 Å². The van der Waals surface area contributed by atoms with E-state index in [-0.39, 0.29) is 18.6 Å². The molecule has 0 aliphatic rings. The molecule has 1 aromatic carbocycles. The van der Waals surface area contributed by atoms with E-state index < -0.39 is 35.9 Å². The molecule has 2 rings (SSSR count). The van der Waals surface area contributed by atoms with Crippen molar-refractivity contribution in [1.82, 2.24) is 20.6 Å². The first-order valence-corrected chi connectivity index (χ1v) is 9.25. The van der Waals surface area contributed by atoms with Gasteiger partial charge in [-0.1, -0.05) is 30.3 Å². The number of amides is 2. The van der Waals surface area contributed by atoms with Crippen LogP contribution < -0.4 is 16.4 Å². The molecule has 2 aromatic rings. The number of carbonyl (C=O) groups excluding carboxylic acids is 2. The van der Waals surface area contributed by atoms with Crippen molar-refractivity contribution in [1.29, 1.82) is 0 Å². The molecule has 0 bridgehead atoms. The zero-order valence-electron chi connectivity index (χ0n) is 15.0. The summed E-state index contributed by atoms with van der Waals surface area (Å²) in [7, 11) is 0. The Kier molecular flexibility index (Phi) is 8.02. The molecule has 0 spiro atoms. The molecule has 0 radical (unpaired) electrons. The van der Waals surface area contributed by atoms with E-state index in [1.165, 1.54) is 12.5 Å². The van der Waals surface area contributed by atoms with Gasteiger partial charge in [-0.25, -0.2) is 9.78 Å². The van der Waals surface area contributed by atoms with E-state index in [1.807, 2.05) is 30.3 Å². The third kappa shape index (κ3) is 6.39.